The lowest BCUT2D eigenvalue weighted by molar-refractivity contribution is -0.386. The van der Waals surface area contributed by atoms with Crippen LogP contribution < -0.4 is 16.0 Å². The standard InChI is InChI=1S/C11H11N5O3/c1-7-2-3-8(6-13-7)19-11-9(16(17)18)4-5-10(14-11)15-12/h2-6H,12H2,1H3,(H,14,15). The molecule has 2 aromatic heterocycles. The van der Waals surface area contributed by atoms with E-state index in [0.717, 1.165) is 5.69 Å². The quantitative estimate of drug-likeness (QED) is 0.489. The summed E-state index contributed by atoms with van der Waals surface area (Å²) in [6.45, 7) is 1.82. The van der Waals surface area contributed by atoms with Crippen molar-refractivity contribution >= 4 is 11.5 Å². The lowest BCUT2D eigenvalue weighted by Gasteiger charge is -2.06. The molecule has 0 spiro atoms. The van der Waals surface area contributed by atoms with Gasteiger partial charge in [-0.15, -0.1) is 0 Å². The first-order valence-electron chi connectivity index (χ1n) is 5.32. The molecule has 8 heteroatoms. The molecule has 0 aliphatic rings. The zero-order valence-corrected chi connectivity index (χ0v) is 10.0. The fourth-order valence-electron chi connectivity index (χ4n) is 1.35. The van der Waals surface area contributed by atoms with Gasteiger partial charge in [0, 0.05) is 11.8 Å². The van der Waals surface area contributed by atoms with Crippen molar-refractivity contribution in [2.75, 3.05) is 5.43 Å². The van der Waals surface area contributed by atoms with Crippen LogP contribution in [-0.4, -0.2) is 14.9 Å². The Kier molecular flexibility index (Phi) is 3.53. The number of hydrogen-bond acceptors (Lipinski definition) is 7. The van der Waals surface area contributed by atoms with Gasteiger partial charge >= 0.3 is 11.6 Å². The maximum Gasteiger partial charge on any atom is 0.331 e. The number of pyridine rings is 2. The van der Waals surface area contributed by atoms with Crippen molar-refractivity contribution in [3.05, 3.63) is 46.3 Å². The molecule has 2 rings (SSSR count). The smallest absolute Gasteiger partial charge is 0.331 e. The highest BCUT2D eigenvalue weighted by atomic mass is 16.6. The number of hydrogen-bond donors (Lipinski definition) is 2. The minimum Gasteiger partial charge on any atom is -0.432 e. The first-order valence-corrected chi connectivity index (χ1v) is 5.32. The van der Waals surface area contributed by atoms with Crippen LogP contribution in [-0.2, 0) is 0 Å². The van der Waals surface area contributed by atoms with Gasteiger partial charge in [-0.3, -0.25) is 15.1 Å². The number of nitrogens with two attached hydrogens (primary N) is 1. The molecule has 0 aromatic carbocycles. The highest BCUT2D eigenvalue weighted by Crippen LogP contribution is 2.30. The van der Waals surface area contributed by atoms with Crippen LogP contribution in [0.1, 0.15) is 5.69 Å². The fraction of sp³-hybridized carbons (Fsp3) is 0.0909. The predicted molar refractivity (Wildman–Crippen MR) is 67.7 cm³/mol. The van der Waals surface area contributed by atoms with Gasteiger partial charge in [0.1, 0.15) is 11.6 Å². The molecule has 0 amide bonds. The van der Waals surface area contributed by atoms with E-state index in [4.69, 9.17) is 10.6 Å². The number of nitrogens with zero attached hydrogens (tertiary/aromatic N) is 3. The molecule has 8 nitrogen and oxygen atoms in total. The van der Waals surface area contributed by atoms with E-state index < -0.39 is 4.92 Å². The third-order valence-corrected chi connectivity index (χ3v) is 2.28. The fourth-order valence-corrected chi connectivity index (χ4v) is 1.35. The maximum atomic E-state index is 10.9. The van der Waals surface area contributed by atoms with Crippen molar-refractivity contribution in [2.24, 2.45) is 5.84 Å². The molecule has 0 fully saturated rings. The van der Waals surface area contributed by atoms with E-state index in [9.17, 15) is 10.1 Å². The molecule has 0 atom stereocenters. The van der Waals surface area contributed by atoms with Gasteiger partial charge in [0.05, 0.1) is 11.1 Å². The monoisotopic (exact) mass is 261 g/mol. The average molecular weight is 261 g/mol. The van der Waals surface area contributed by atoms with E-state index in [2.05, 4.69) is 15.4 Å². The van der Waals surface area contributed by atoms with Crippen LogP contribution in [0.5, 0.6) is 11.6 Å². The molecule has 0 bridgehead atoms. The molecular weight excluding hydrogens is 250 g/mol. The van der Waals surface area contributed by atoms with Crippen molar-refractivity contribution in [1.82, 2.24) is 9.97 Å². The van der Waals surface area contributed by atoms with Crippen molar-refractivity contribution in [3.63, 3.8) is 0 Å². The minimum atomic E-state index is -0.579. The third-order valence-electron chi connectivity index (χ3n) is 2.28. The first kappa shape index (κ1) is 12.7. The molecule has 2 heterocycles. The highest BCUT2D eigenvalue weighted by molar-refractivity contribution is 5.49. The molecule has 98 valence electrons. The number of nitrogens with one attached hydrogen (secondary N) is 1. The van der Waals surface area contributed by atoms with E-state index in [0.29, 0.717) is 5.75 Å². The number of hydrazine groups is 1. The highest BCUT2D eigenvalue weighted by Gasteiger charge is 2.18. The van der Waals surface area contributed by atoms with Crippen LogP contribution in [0, 0.1) is 17.0 Å². The first-order chi connectivity index (χ1) is 9.10. The summed E-state index contributed by atoms with van der Waals surface area (Å²) < 4.78 is 5.36. The van der Waals surface area contributed by atoms with Crippen LogP contribution >= 0.6 is 0 Å². The van der Waals surface area contributed by atoms with Crippen LogP contribution in [0.4, 0.5) is 11.5 Å². The molecule has 0 aliphatic heterocycles. The number of nitrogen functional groups attached to an aromatic ring is 1. The summed E-state index contributed by atoms with van der Waals surface area (Å²) in [7, 11) is 0. The van der Waals surface area contributed by atoms with Crippen LogP contribution in [0.3, 0.4) is 0 Å². The van der Waals surface area contributed by atoms with Crippen LogP contribution in [0.25, 0.3) is 0 Å². The van der Waals surface area contributed by atoms with Crippen LogP contribution in [0.2, 0.25) is 0 Å². The largest absolute Gasteiger partial charge is 0.432 e. The normalized spacial score (nSPS) is 10.0. The zero-order chi connectivity index (χ0) is 13.8. The van der Waals surface area contributed by atoms with Gasteiger partial charge in [0.15, 0.2) is 0 Å². The number of ether oxygens (including phenoxy) is 1. The molecule has 0 saturated heterocycles. The molecule has 0 saturated carbocycles. The van der Waals surface area contributed by atoms with E-state index in [1.54, 1.807) is 12.1 Å². The number of nitro groups is 1. The summed E-state index contributed by atoms with van der Waals surface area (Å²) in [5.41, 5.74) is 2.86. The number of rotatable bonds is 4. The predicted octanol–water partition coefficient (Wildman–Crippen LogP) is 1.77. The molecule has 19 heavy (non-hydrogen) atoms. The molecule has 0 aliphatic carbocycles. The molecule has 3 N–H and O–H groups in total. The Balaban J connectivity index is 2.36. The summed E-state index contributed by atoms with van der Waals surface area (Å²) in [5, 5.41) is 10.9. The van der Waals surface area contributed by atoms with Gasteiger partial charge < -0.3 is 10.2 Å². The Morgan fingerprint density at radius 2 is 2.16 bits per heavy atom. The maximum absolute atomic E-state index is 10.9. The summed E-state index contributed by atoms with van der Waals surface area (Å²) >= 11 is 0. The molecule has 0 radical (unpaired) electrons. The zero-order valence-electron chi connectivity index (χ0n) is 10.0. The summed E-state index contributed by atoms with van der Waals surface area (Å²) in [5.74, 6) is 5.68. The van der Waals surface area contributed by atoms with E-state index >= 15 is 0 Å². The Labute approximate surface area is 108 Å². The Morgan fingerprint density at radius 3 is 2.74 bits per heavy atom. The second-order valence-corrected chi connectivity index (χ2v) is 3.66. The lowest BCUT2D eigenvalue weighted by Crippen LogP contribution is -2.09. The summed E-state index contributed by atoms with van der Waals surface area (Å²) in [6, 6.07) is 6.03. The number of aryl methyl sites for hydroxylation is 1. The Bertz CT molecular complexity index is 600. The Morgan fingerprint density at radius 1 is 1.37 bits per heavy atom. The van der Waals surface area contributed by atoms with Gasteiger partial charge in [-0.25, -0.2) is 5.84 Å². The van der Waals surface area contributed by atoms with Gasteiger partial charge in [-0.05, 0) is 25.1 Å². The van der Waals surface area contributed by atoms with Crippen molar-refractivity contribution in [2.45, 2.75) is 6.92 Å². The van der Waals surface area contributed by atoms with Gasteiger partial charge in [0.2, 0.25) is 0 Å². The topological polar surface area (TPSA) is 116 Å². The number of anilines is 1. The molecule has 2 aromatic rings. The van der Waals surface area contributed by atoms with E-state index in [1.165, 1.54) is 18.3 Å². The van der Waals surface area contributed by atoms with E-state index in [1.807, 2.05) is 6.92 Å². The van der Waals surface area contributed by atoms with Crippen LogP contribution in [0.15, 0.2) is 30.5 Å². The molecular formula is C11H11N5O3. The van der Waals surface area contributed by atoms with Gasteiger partial charge in [-0.1, -0.05) is 0 Å². The average Bonchev–Trinajstić information content (AvgIpc) is 2.41. The van der Waals surface area contributed by atoms with Crippen molar-refractivity contribution < 1.29 is 9.66 Å². The van der Waals surface area contributed by atoms with Gasteiger partial charge in [-0.2, -0.15) is 4.98 Å². The second kappa shape index (κ2) is 5.27. The summed E-state index contributed by atoms with van der Waals surface area (Å²) in [4.78, 5) is 18.2. The second-order valence-electron chi connectivity index (χ2n) is 3.66. The third kappa shape index (κ3) is 2.93. The van der Waals surface area contributed by atoms with Crippen molar-refractivity contribution in [1.29, 1.82) is 0 Å². The summed E-state index contributed by atoms with van der Waals surface area (Å²) in [6.07, 6.45) is 1.46. The van der Waals surface area contributed by atoms with Crippen molar-refractivity contribution in [3.8, 4) is 11.6 Å². The molecule has 0 unspecified atom stereocenters. The SMILES string of the molecule is Cc1ccc(Oc2nc(NN)ccc2[N+](=O)[O-])cn1. The number of aromatic nitrogens is 2. The lowest BCUT2D eigenvalue weighted by atomic mass is 10.3. The minimum absolute atomic E-state index is 0.147. The Hall–Kier alpha value is -2.74. The van der Waals surface area contributed by atoms with Gasteiger partial charge in [0.25, 0.3) is 0 Å². The van der Waals surface area contributed by atoms with E-state index in [-0.39, 0.29) is 17.4 Å².